The van der Waals surface area contributed by atoms with Crippen molar-refractivity contribution in [3.8, 4) is 22.9 Å². The number of ether oxygens (including phenoxy) is 2. The van der Waals surface area contributed by atoms with E-state index in [2.05, 4.69) is 20.2 Å². The van der Waals surface area contributed by atoms with Crippen LogP contribution in [0.1, 0.15) is 57.7 Å². The van der Waals surface area contributed by atoms with Gasteiger partial charge in [-0.3, -0.25) is 9.69 Å². The highest BCUT2D eigenvalue weighted by atomic mass is 19.1. The van der Waals surface area contributed by atoms with Crippen molar-refractivity contribution in [2.45, 2.75) is 59.3 Å². The maximum absolute atomic E-state index is 13.0. The van der Waals surface area contributed by atoms with Crippen LogP contribution in [0, 0.1) is 11.6 Å². The Morgan fingerprint density at radius 2 is 1.17 bits per heavy atom. The van der Waals surface area contributed by atoms with Crippen molar-refractivity contribution in [3.05, 3.63) is 84.1 Å². The summed E-state index contributed by atoms with van der Waals surface area (Å²) >= 11 is 0. The number of aldehydes is 1. The normalized spacial score (nSPS) is 15.0. The van der Waals surface area contributed by atoms with Gasteiger partial charge in [0.05, 0.1) is 5.69 Å². The van der Waals surface area contributed by atoms with Gasteiger partial charge in [-0.15, -0.1) is 0 Å². The summed E-state index contributed by atoms with van der Waals surface area (Å²) in [5.74, 6) is 0.179. The van der Waals surface area contributed by atoms with E-state index in [0.29, 0.717) is 43.3 Å². The number of halogens is 2. The molecule has 0 bridgehead atoms. The lowest BCUT2D eigenvalue weighted by Crippen LogP contribution is -2.49. The fraction of sp³-hybridized carbons (Fsp3) is 0.447. The molecule has 0 aliphatic carbocycles. The predicted molar refractivity (Wildman–Crippen MR) is 193 cm³/mol. The smallest absolute Gasteiger partial charge is 0.410 e. The number of benzene rings is 2. The van der Waals surface area contributed by atoms with E-state index in [-0.39, 0.29) is 35.1 Å². The van der Waals surface area contributed by atoms with Gasteiger partial charge in [-0.25, -0.2) is 28.3 Å². The number of carbonyl (C=O) groups excluding carboxylic acids is 3. The molecule has 53 heavy (non-hydrogen) atoms. The number of hydrogen-bond acceptors (Lipinski definition) is 11. The molecule has 2 fully saturated rings. The second-order valence-corrected chi connectivity index (χ2v) is 14.3. The van der Waals surface area contributed by atoms with Crippen LogP contribution in [0.2, 0.25) is 0 Å². The zero-order valence-corrected chi connectivity index (χ0v) is 31.1. The van der Waals surface area contributed by atoms with Gasteiger partial charge in [0.1, 0.15) is 41.1 Å². The van der Waals surface area contributed by atoms with Crippen LogP contribution in [-0.4, -0.2) is 107 Å². The Morgan fingerprint density at radius 3 is 1.62 bits per heavy atom. The third-order valence-corrected chi connectivity index (χ3v) is 7.56. The van der Waals surface area contributed by atoms with E-state index in [9.17, 15) is 23.2 Å². The number of oxazole rings is 2. The minimum absolute atomic E-state index is 0.200. The van der Waals surface area contributed by atoms with Gasteiger partial charge in [0, 0.05) is 70.0 Å². The highest BCUT2D eigenvalue weighted by molar-refractivity contribution is 5.72. The van der Waals surface area contributed by atoms with Crippen LogP contribution < -0.4 is 5.32 Å². The molecular weight excluding hydrogens is 690 g/mol. The molecule has 286 valence electrons. The van der Waals surface area contributed by atoms with Gasteiger partial charge in [0.2, 0.25) is 11.8 Å². The molecule has 0 radical (unpaired) electrons. The van der Waals surface area contributed by atoms with Gasteiger partial charge >= 0.3 is 12.2 Å². The van der Waals surface area contributed by atoms with Crippen LogP contribution in [0.25, 0.3) is 22.9 Å². The van der Waals surface area contributed by atoms with Gasteiger partial charge in [0.15, 0.2) is 6.29 Å². The van der Waals surface area contributed by atoms with Crippen LogP contribution in [0.5, 0.6) is 0 Å². The number of nitrogens with one attached hydrogen (secondary N) is 1. The van der Waals surface area contributed by atoms with E-state index in [0.717, 1.165) is 50.5 Å². The molecule has 2 aliphatic heterocycles. The molecule has 0 spiro atoms. The largest absolute Gasteiger partial charge is 0.444 e. The lowest BCUT2D eigenvalue weighted by atomic mass is 10.2. The summed E-state index contributed by atoms with van der Waals surface area (Å²) in [6.07, 6.45) is 3.01. The van der Waals surface area contributed by atoms with E-state index in [1.165, 1.54) is 42.7 Å². The molecule has 0 unspecified atom stereocenters. The Hall–Kier alpha value is -5.15. The Labute approximate surface area is 308 Å². The van der Waals surface area contributed by atoms with Crippen LogP contribution >= 0.6 is 0 Å². The van der Waals surface area contributed by atoms with Crippen LogP contribution in [0.4, 0.5) is 18.4 Å². The van der Waals surface area contributed by atoms with Crippen LogP contribution in [0.15, 0.2) is 69.9 Å². The van der Waals surface area contributed by atoms with Gasteiger partial charge < -0.3 is 33.4 Å². The van der Waals surface area contributed by atoms with Crippen molar-refractivity contribution in [1.29, 1.82) is 0 Å². The molecule has 1 N–H and O–H groups in total. The van der Waals surface area contributed by atoms with E-state index in [4.69, 9.17) is 18.3 Å². The van der Waals surface area contributed by atoms with Gasteiger partial charge in [-0.1, -0.05) is 0 Å². The molecule has 15 heteroatoms. The monoisotopic (exact) mass is 738 g/mol. The number of nitrogens with zero attached hydrogens (tertiary/aromatic N) is 5. The van der Waals surface area contributed by atoms with Crippen molar-refractivity contribution >= 4 is 18.5 Å². The Bertz CT molecular complexity index is 1750. The average Bonchev–Trinajstić information content (AvgIpc) is 3.79. The van der Waals surface area contributed by atoms with Crippen molar-refractivity contribution < 1.29 is 41.5 Å². The lowest BCUT2D eigenvalue weighted by Gasteiger charge is -2.35. The molecule has 2 saturated heterocycles. The second-order valence-electron chi connectivity index (χ2n) is 14.3. The maximum atomic E-state index is 13.0. The first-order valence-electron chi connectivity index (χ1n) is 17.3. The molecule has 0 atom stereocenters. The second kappa shape index (κ2) is 18.6. The highest BCUT2D eigenvalue weighted by Crippen LogP contribution is 2.21. The first-order chi connectivity index (χ1) is 25.1. The number of rotatable bonds is 5. The number of piperazine rings is 2. The topological polar surface area (TPSA) is 143 Å². The lowest BCUT2D eigenvalue weighted by molar-refractivity contribution is 0.0137. The average molecular weight is 739 g/mol. The van der Waals surface area contributed by atoms with Gasteiger partial charge in [0.25, 0.3) is 0 Å². The summed E-state index contributed by atoms with van der Waals surface area (Å²) in [7, 11) is 0. The van der Waals surface area contributed by atoms with E-state index < -0.39 is 5.60 Å². The molecule has 2 aromatic carbocycles. The quantitative estimate of drug-likeness (QED) is 0.220. The summed E-state index contributed by atoms with van der Waals surface area (Å²) in [6, 6.07) is 11.7. The van der Waals surface area contributed by atoms with Crippen molar-refractivity contribution in [2.75, 3.05) is 52.4 Å². The standard InChI is InChI=1S/C19H24FN3O3.C10H6FNO2.C9H18N2O2/c1-19(2,3)26-18(24)23-10-8-22(9-11-23)12-16-13-25-17(21-16)14-4-6-15(20)7-5-14;11-8-3-1-7(2-4-8)10-12-9(5-13)6-14-10;1-9(2,3)13-8(12)11-6-4-10-5-7-11/h4-7,13H,8-12H2,1-3H3;1-6H;10H,4-7H2,1-3H3. The summed E-state index contributed by atoms with van der Waals surface area (Å²) in [4.78, 5) is 47.9. The first-order valence-corrected chi connectivity index (χ1v) is 17.3. The number of amides is 2. The molecule has 2 aromatic heterocycles. The fourth-order valence-corrected chi connectivity index (χ4v) is 4.99. The maximum Gasteiger partial charge on any atom is 0.410 e. The molecule has 0 saturated carbocycles. The number of aromatic nitrogens is 2. The summed E-state index contributed by atoms with van der Waals surface area (Å²) in [5.41, 5.74) is 1.56. The molecular formula is C38H48F2N6O7. The van der Waals surface area contributed by atoms with Crippen molar-refractivity contribution in [3.63, 3.8) is 0 Å². The number of carbonyl (C=O) groups is 3. The summed E-state index contributed by atoms with van der Waals surface area (Å²) in [6.45, 7) is 17.8. The minimum Gasteiger partial charge on any atom is -0.444 e. The molecule has 4 heterocycles. The van der Waals surface area contributed by atoms with Crippen molar-refractivity contribution in [1.82, 2.24) is 30.0 Å². The third-order valence-electron chi connectivity index (χ3n) is 7.56. The van der Waals surface area contributed by atoms with Gasteiger partial charge in [-0.05, 0) is 90.1 Å². The highest BCUT2D eigenvalue weighted by Gasteiger charge is 2.26. The first kappa shape index (κ1) is 40.6. The minimum atomic E-state index is -0.480. The third kappa shape index (κ3) is 13.7. The molecule has 2 aliphatic rings. The summed E-state index contributed by atoms with van der Waals surface area (Å²) in [5, 5.41) is 3.18. The zero-order chi connectivity index (χ0) is 38.6. The van der Waals surface area contributed by atoms with Crippen LogP contribution in [0.3, 0.4) is 0 Å². The van der Waals surface area contributed by atoms with Gasteiger partial charge in [-0.2, -0.15) is 0 Å². The van der Waals surface area contributed by atoms with Crippen molar-refractivity contribution in [2.24, 2.45) is 0 Å². The molecule has 6 rings (SSSR count). The fourth-order valence-electron chi connectivity index (χ4n) is 4.99. The molecule has 13 nitrogen and oxygen atoms in total. The van der Waals surface area contributed by atoms with E-state index in [1.54, 1.807) is 28.2 Å². The summed E-state index contributed by atoms with van der Waals surface area (Å²) < 4.78 is 46.7. The van der Waals surface area contributed by atoms with Crippen LogP contribution in [-0.2, 0) is 16.0 Å². The van der Waals surface area contributed by atoms with E-state index >= 15 is 0 Å². The molecule has 4 aromatic rings. The Kier molecular flexibility index (Phi) is 14.2. The molecule has 2 amide bonds. The van der Waals surface area contributed by atoms with E-state index in [1.807, 2.05) is 41.5 Å². The Balaban J connectivity index is 0.000000196. The Morgan fingerprint density at radius 1 is 0.717 bits per heavy atom. The zero-order valence-electron chi connectivity index (χ0n) is 31.1. The predicted octanol–water partition coefficient (Wildman–Crippen LogP) is 6.65. The number of hydrogen-bond donors (Lipinski definition) is 1. The SMILES string of the molecule is CC(C)(C)OC(=O)N1CCN(Cc2coc(-c3ccc(F)cc3)n2)CC1.CC(C)(C)OC(=O)N1CCNCC1.O=Cc1coc(-c2ccc(F)cc2)n1.